The van der Waals surface area contributed by atoms with Crippen molar-refractivity contribution in [3.8, 4) is 11.6 Å². The predicted molar refractivity (Wildman–Crippen MR) is 90.9 cm³/mol. The summed E-state index contributed by atoms with van der Waals surface area (Å²) < 4.78 is 9.11. The molecule has 2 N–H and O–H groups in total. The third-order valence-corrected chi connectivity index (χ3v) is 4.49. The number of imidazole rings is 1. The number of hydrogen-bond acceptors (Lipinski definition) is 7. The van der Waals surface area contributed by atoms with Crippen molar-refractivity contribution in [3.63, 3.8) is 0 Å². The van der Waals surface area contributed by atoms with E-state index in [2.05, 4.69) is 29.5 Å². The molecular formula is C16H16N8O. The van der Waals surface area contributed by atoms with Crippen LogP contribution in [-0.2, 0) is 13.1 Å². The van der Waals surface area contributed by atoms with Crippen LogP contribution in [0, 0.1) is 6.92 Å². The first-order valence-corrected chi connectivity index (χ1v) is 8.02. The van der Waals surface area contributed by atoms with Crippen molar-refractivity contribution in [1.29, 1.82) is 0 Å². The fourth-order valence-corrected chi connectivity index (χ4v) is 3.21. The molecule has 0 radical (unpaired) electrons. The van der Waals surface area contributed by atoms with Crippen molar-refractivity contribution in [1.82, 2.24) is 29.1 Å². The molecule has 0 aromatic carbocycles. The average molecular weight is 336 g/mol. The number of aromatic nitrogens is 6. The molecule has 126 valence electrons. The van der Waals surface area contributed by atoms with Crippen LogP contribution in [-0.4, -0.2) is 35.7 Å². The highest BCUT2D eigenvalue weighted by Gasteiger charge is 2.21. The van der Waals surface area contributed by atoms with Crippen LogP contribution in [0.3, 0.4) is 0 Å². The van der Waals surface area contributed by atoms with E-state index in [-0.39, 0.29) is 0 Å². The molecule has 0 unspecified atom stereocenters. The van der Waals surface area contributed by atoms with E-state index in [9.17, 15) is 0 Å². The summed E-state index contributed by atoms with van der Waals surface area (Å²) in [6.45, 7) is 4.47. The van der Waals surface area contributed by atoms with Gasteiger partial charge in [0.1, 0.15) is 11.6 Å². The van der Waals surface area contributed by atoms with Crippen LogP contribution < -0.4 is 10.6 Å². The monoisotopic (exact) mass is 336 g/mol. The fourth-order valence-electron chi connectivity index (χ4n) is 3.21. The van der Waals surface area contributed by atoms with Gasteiger partial charge in [-0.3, -0.25) is 0 Å². The van der Waals surface area contributed by atoms with Crippen molar-refractivity contribution in [2.75, 3.05) is 17.2 Å². The lowest BCUT2D eigenvalue weighted by Crippen LogP contribution is -2.34. The van der Waals surface area contributed by atoms with Gasteiger partial charge in [-0.2, -0.15) is 9.50 Å². The smallest absolute Gasteiger partial charge is 0.225 e. The second-order valence-electron chi connectivity index (χ2n) is 6.03. The molecule has 0 fully saturated rings. The zero-order valence-electron chi connectivity index (χ0n) is 13.6. The van der Waals surface area contributed by atoms with Gasteiger partial charge < -0.3 is 19.6 Å². The van der Waals surface area contributed by atoms with Crippen LogP contribution in [0.25, 0.3) is 17.2 Å². The Balaban J connectivity index is 1.54. The van der Waals surface area contributed by atoms with Crippen LogP contribution in [0.5, 0.6) is 0 Å². The van der Waals surface area contributed by atoms with Crippen LogP contribution in [0.4, 0.5) is 11.8 Å². The lowest BCUT2D eigenvalue weighted by molar-refractivity contribution is 0.556. The number of hydrogen-bond donors (Lipinski definition) is 1. The van der Waals surface area contributed by atoms with E-state index in [1.165, 1.54) is 10.2 Å². The first kappa shape index (κ1) is 14.0. The summed E-state index contributed by atoms with van der Waals surface area (Å²) in [6.07, 6.45) is 3.50. The summed E-state index contributed by atoms with van der Waals surface area (Å²) in [5, 5.41) is 4.37. The molecule has 5 rings (SSSR count). The fraction of sp³-hybridized carbons (Fsp3) is 0.250. The molecule has 0 saturated carbocycles. The Kier molecular flexibility index (Phi) is 2.84. The van der Waals surface area contributed by atoms with Gasteiger partial charge in [0.05, 0.1) is 24.7 Å². The zero-order valence-corrected chi connectivity index (χ0v) is 13.6. The van der Waals surface area contributed by atoms with E-state index >= 15 is 0 Å². The maximum Gasteiger partial charge on any atom is 0.225 e. The van der Waals surface area contributed by atoms with Crippen molar-refractivity contribution in [2.45, 2.75) is 20.0 Å². The number of aryl methyl sites for hydroxylation is 1. The second-order valence-corrected chi connectivity index (χ2v) is 6.03. The molecule has 5 heterocycles. The van der Waals surface area contributed by atoms with Gasteiger partial charge in [-0.1, -0.05) is 0 Å². The number of furan rings is 1. The first-order valence-electron chi connectivity index (χ1n) is 8.02. The minimum absolute atomic E-state index is 0.299. The van der Waals surface area contributed by atoms with Crippen LogP contribution >= 0.6 is 0 Å². The molecule has 0 bridgehead atoms. The molecular weight excluding hydrogens is 320 g/mol. The number of nitrogens with zero attached hydrogens (tertiary/aromatic N) is 7. The summed E-state index contributed by atoms with van der Waals surface area (Å²) in [5.74, 6) is 3.21. The molecule has 4 aromatic rings. The zero-order chi connectivity index (χ0) is 17.0. The summed E-state index contributed by atoms with van der Waals surface area (Å²) in [4.78, 5) is 15.6. The Morgan fingerprint density at radius 3 is 3.00 bits per heavy atom. The highest BCUT2D eigenvalue weighted by molar-refractivity contribution is 5.59. The van der Waals surface area contributed by atoms with Crippen molar-refractivity contribution in [2.24, 2.45) is 0 Å². The van der Waals surface area contributed by atoms with Gasteiger partial charge in [0, 0.05) is 19.2 Å². The predicted octanol–water partition coefficient (Wildman–Crippen LogP) is 1.49. The normalized spacial score (nSPS) is 14.2. The number of anilines is 2. The van der Waals surface area contributed by atoms with Crippen LogP contribution in [0.1, 0.15) is 11.5 Å². The second kappa shape index (κ2) is 5.07. The van der Waals surface area contributed by atoms with E-state index in [0.717, 1.165) is 31.3 Å². The summed E-state index contributed by atoms with van der Waals surface area (Å²) in [5.41, 5.74) is 7.91. The van der Waals surface area contributed by atoms with Crippen molar-refractivity contribution >= 4 is 17.4 Å². The van der Waals surface area contributed by atoms with Gasteiger partial charge in [0.15, 0.2) is 11.4 Å². The topological polar surface area (TPSA) is 103 Å². The molecule has 0 aliphatic carbocycles. The molecule has 0 spiro atoms. The molecule has 0 atom stereocenters. The Morgan fingerprint density at radius 1 is 1.24 bits per heavy atom. The summed E-state index contributed by atoms with van der Waals surface area (Å²) >= 11 is 0. The van der Waals surface area contributed by atoms with E-state index in [0.29, 0.717) is 23.2 Å². The molecule has 9 heteroatoms. The van der Waals surface area contributed by atoms with E-state index in [4.69, 9.17) is 10.2 Å². The minimum Gasteiger partial charge on any atom is -0.461 e. The van der Waals surface area contributed by atoms with E-state index in [1.807, 2.05) is 25.3 Å². The Morgan fingerprint density at radius 2 is 2.16 bits per heavy atom. The highest BCUT2D eigenvalue weighted by Crippen LogP contribution is 2.24. The lowest BCUT2D eigenvalue weighted by atomic mass is 10.3. The Hall–Kier alpha value is -3.36. The van der Waals surface area contributed by atoms with Gasteiger partial charge in [-0.05, 0) is 19.1 Å². The minimum atomic E-state index is 0.299. The van der Waals surface area contributed by atoms with Crippen LogP contribution in [0.15, 0.2) is 35.1 Å². The van der Waals surface area contributed by atoms with Crippen molar-refractivity contribution < 1.29 is 4.42 Å². The third kappa shape index (κ3) is 2.16. The Bertz CT molecular complexity index is 1060. The number of nitrogens with two attached hydrogens (primary N) is 1. The van der Waals surface area contributed by atoms with Gasteiger partial charge in [0.2, 0.25) is 11.8 Å². The third-order valence-electron chi connectivity index (χ3n) is 4.49. The largest absolute Gasteiger partial charge is 0.461 e. The molecule has 1 aliphatic rings. The Labute approximate surface area is 142 Å². The van der Waals surface area contributed by atoms with Crippen LogP contribution in [0.2, 0.25) is 0 Å². The lowest BCUT2D eigenvalue weighted by Gasteiger charge is -2.29. The molecule has 25 heavy (non-hydrogen) atoms. The molecule has 0 amide bonds. The van der Waals surface area contributed by atoms with Gasteiger partial charge in [0.25, 0.3) is 0 Å². The van der Waals surface area contributed by atoms with Gasteiger partial charge in [-0.25, -0.2) is 9.97 Å². The molecule has 9 nitrogen and oxygen atoms in total. The molecule has 4 aromatic heterocycles. The highest BCUT2D eigenvalue weighted by atomic mass is 16.3. The number of nitrogen functional groups attached to an aromatic ring is 1. The molecule has 1 aliphatic heterocycles. The first-order chi connectivity index (χ1) is 12.2. The standard InChI is InChI=1S/C16H16N8O/c1-10-18-8-11-9-22(4-5-23(10)11)13-7-14-19-15(12-3-2-6-25-12)21-24(14)16(17)20-13/h2-3,6-8H,4-5,9H2,1H3,(H2,17,20). The number of fused-ring (bicyclic) bond motifs is 2. The van der Waals surface area contributed by atoms with E-state index < -0.39 is 0 Å². The van der Waals surface area contributed by atoms with E-state index in [1.54, 1.807) is 12.3 Å². The quantitative estimate of drug-likeness (QED) is 0.591. The number of rotatable bonds is 2. The van der Waals surface area contributed by atoms with Crippen molar-refractivity contribution in [3.05, 3.63) is 42.2 Å². The SMILES string of the molecule is Cc1ncc2n1CCN(c1cc3nc(-c4ccco4)nn3c(N)n1)C2. The van der Waals surface area contributed by atoms with Gasteiger partial charge in [-0.15, -0.1) is 5.10 Å². The average Bonchev–Trinajstić information content (AvgIpc) is 3.33. The summed E-state index contributed by atoms with van der Waals surface area (Å²) in [7, 11) is 0. The van der Waals surface area contributed by atoms with Gasteiger partial charge >= 0.3 is 0 Å². The maximum atomic E-state index is 6.10. The maximum absolute atomic E-state index is 6.10. The molecule has 0 saturated heterocycles. The summed E-state index contributed by atoms with van der Waals surface area (Å²) in [6, 6.07) is 5.51.